The molecule has 0 saturated heterocycles. The van der Waals surface area contributed by atoms with Gasteiger partial charge in [0, 0.05) is 22.8 Å². The number of nitrogens with zero attached hydrogens (tertiary/aromatic N) is 1. The van der Waals surface area contributed by atoms with Crippen LogP contribution >= 0.6 is 0 Å². The molecule has 0 fully saturated rings. The van der Waals surface area contributed by atoms with Crippen LogP contribution in [0.3, 0.4) is 0 Å². The predicted molar refractivity (Wildman–Crippen MR) is 76.5 cm³/mol. The van der Waals surface area contributed by atoms with E-state index in [2.05, 4.69) is 20.5 Å². The van der Waals surface area contributed by atoms with Gasteiger partial charge in [0.25, 0.3) is 5.91 Å². The number of carbonyl (C=O) groups excluding carboxylic acids is 1. The number of amides is 1. The van der Waals surface area contributed by atoms with Gasteiger partial charge >= 0.3 is 5.97 Å². The molecule has 3 aromatic rings. The van der Waals surface area contributed by atoms with Gasteiger partial charge in [-0.1, -0.05) is 6.07 Å². The van der Waals surface area contributed by atoms with Crippen molar-refractivity contribution in [2.45, 2.75) is 6.92 Å². The maximum absolute atomic E-state index is 12.2. The number of hydrogen-bond acceptors (Lipinski definition) is 3. The number of aromatic nitrogens is 3. The Kier molecular flexibility index (Phi) is 2.94. The van der Waals surface area contributed by atoms with E-state index in [1.807, 2.05) is 0 Å². The van der Waals surface area contributed by atoms with Crippen molar-refractivity contribution in [1.82, 2.24) is 15.2 Å². The van der Waals surface area contributed by atoms with Crippen LogP contribution in [0.5, 0.6) is 0 Å². The summed E-state index contributed by atoms with van der Waals surface area (Å²) < 4.78 is 0. The Bertz CT molecular complexity index is 847. The number of nitrogens with one attached hydrogen (secondary N) is 3. The Morgan fingerprint density at radius 2 is 2.14 bits per heavy atom. The Morgan fingerprint density at radius 3 is 2.90 bits per heavy atom. The van der Waals surface area contributed by atoms with E-state index >= 15 is 0 Å². The lowest BCUT2D eigenvalue weighted by atomic mass is 10.1. The van der Waals surface area contributed by atoms with E-state index in [-0.39, 0.29) is 17.2 Å². The number of aryl methyl sites for hydroxylation is 1. The van der Waals surface area contributed by atoms with Crippen LogP contribution in [0.25, 0.3) is 10.9 Å². The summed E-state index contributed by atoms with van der Waals surface area (Å²) in [6.45, 7) is 1.63. The molecule has 0 atom stereocenters. The van der Waals surface area contributed by atoms with E-state index in [9.17, 15) is 9.59 Å². The molecule has 0 bridgehead atoms. The molecule has 0 spiro atoms. The number of aromatic carboxylic acids is 1. The molecule has 21 heavy (non-hydrogen) atoms. The first-order valence-electron chi connectivity index (χ1n) is 6.22. The third-order valence-electron chi connectivity index (χ3n) is 3.24. The fourth-order valence-electron chi connectivity index (χ4n) is 2.17. The molecule has 0 aliphatic heterocycles. The van der Waals surface area contributed by atoms with Gasteiger partial charge in [0.1, 0.15) is 5.56 Å². The molecule has 7 nitrogen and oxygen atoms in total. The van der Waals surface area contributed by atoms with E-state index < -0.39 is 5.97 Å². The molecule has 1 amide bonds. The summed E-state index contributed by atoms with van der Waals surface area (Å²) >= 11 is 0. The largest absolute Gasteiger partial charge is 0.478 e. The van der Waals surface area contributed by atoms with Crippen LogP contribution in [0, 0.1) is 6.92 Å². The monoisotopic (exact) mass is 284 g/mol. The smallest absolute Gasteiger partial charge is 0.339 e. The van der Waals surface area contributed by atoms with Crippen LogP contribution in [-0.2, 0) is 0 Å². The van der Waals surface area contributed by atoms with E-state index in [0.717, 1.165) is 10.9 Å². The first-order valence-corrected chi connectivity index (χ1v) is 6.22. The minimum absolute atomic E-state index is 0.0611. The number of carbonyl (C=O) groups is 2. The van der Waals surface area contributed by atoms with E-state index in [1.165, 1.54) is 6.20 Å². The van der Waals surface area contributed by atoms with Crippen molar-refractivity contribution in [3.05, 3.63) is 47.4 Å². The first kappa shape index (κ1) is 12.9. The van der Waals surface area contributed by atoms with Gasteiger partial charge in [-0.2, -0.15) is 5.10 Å². The van der Waals surface area contributed by atoms with Crippen molar-refractivity contribution in [3.63, 3.8) is 0 Å². The van der Waals surface area contributed by atoms with Crippen LogP contribution in [0.4, 0.5) is 5.69 Å². The lowest BCUT2D eigenvalue weighted by molar-refractivity contribution is 0.0697. The molecular formula is C14H12N4O3. The van der Waals surface area contributed by atoms with Crippen LogP contribution in [-0.4, -0.2) is 32.2 Å². The van der Waals surface area contributed by atoms with Crippen LogP contribution in [0.15, 0.2) is 30.6 Å². The zero-order valence-corrected chi connectivity index (χ0v) is 11.1. The minimum atomic E-state index is -1.09. The second-order valence-electron chi connectivity index (χ2n) is 4.63. The van der Waals surface area contributed by atoms with Crippen molar-refractivity contribution >= 4 is 28.5 Å². The Labute approximate surface area is 119 Å². The van der Waals surface area contributed by atoms with Gasteiger partial charge in [0.15, 0.2) is 0 Å². The summed E-state index contributed by atoms with van der Waals surface area (Å²) in [4.78, 5) is 26.2. The molecule has 7 heteroatoms. The highest BCUT2D eigenvalue weighted by atomic mass is 16.4. The predicted octanol–water partition coefficient (Wildman–Crippen LogP) is 2.15. The average Bonchev–Trinajstić information content (AvgIpc) is 3.04. The molecule has 1 aromatic carbocycles. The average molecular weight is 284 g/mol. The van der Waals surface area contributed by atoms with Gasteiger partial charge < -0.3 is 15.4 Å². The molecule has 2 heterocycles. The Hall–Kier alpha value is -3.09. The molecule has 2 aromatic heterocycles. The number of H-pyrrole nitrogens is 2. The summed E-state index contributed by atoms with van der Waals surface area (Å²) in [7, 11) is 0. The van der Waals surface area contributed by atoms with E-state index in [4.69, 9.17) is 5.11 Å². The maximum Gasteiger partial charge on any atom is 0.339 e. The highest BCUT2D eigenvalue weighted by Gasteiger charge is 2.17. The first-order chi connectivity index (χ1) is 10.1. The third kappa shape index (κ3) is 2.25. The highest BCUT2D eigenvalue weighted by molar-refractivity contribution is 6.09. The van der Waals surface area contributed by atoms with Crippen molar-refractivity contribution in [1.29, 1.82) is 0 Å². The molecule has 4 N–H and O–H groups in total. The molecule has 0 aliphatic carbocycles. The van der Waals surface area contributed by atoms with Gasteiger partial charge in [-0.25, -0.2) is 4.79 Å². The fourth-order valence-corrected chi connectivity index (χ4v) is 2.17. The van der Waals surface area contributed by atoms with Crippen LogP contribution in [0.1, 0.15) is 26.4 Å². The molecular weight excluding hydrogens is 272 g/mol. The number of carboxylic acids is 1. The molecule has 106 valence electrons. The van der Waals surface area contributed by atoms with Crippen LogP contribution in [0.2, 0.25) is 0 Å². The number of carboxylic acid groups (broad SMARTS) is 1. The van der Waals surface area contributed by atoms with Gasteiger partial charge in [0.05, 0.1) is 17.4 Å². The minimum Gasteiger partial charge on any atom is -0.478 e. The second-order valence-corrected chi connectivity index (χ2v) is 4.63. The van der Waals surface area contributed by atoms with E-state index in [1.54, 1.807) is 31.3 Å². The number of benzene rings is 1. The SMILES string of the molecule is Cc1[nH]cc(NC(=O)c2ccc3cn[nH]c3c2)c1C(=O)O. The fraction of sp³-hybridized carbons (Fsp3) is 0.0714. The summed E-state index contributed by atoms with van der Waals surface area (Å²) in [5.41, 5.74) is 1.95. The van der Waals surface area contributed by atoms with Gasteiger partial charge in [-0.05, 0) is 19.1 Å². The summed E-state index contributed by atoms with van der Waals surface area (Å²) in [6.07, 6.45) is 3.13. The Balaban J connectivity index is 1.91. The number of fused-ring (bicyclic) bond motifs is 1. The molecule has 3 rings (SSSR count). The molecule has 0 saturated carbocycles. The lowest BCUT2D eigenvalue weighted by Crippen LogP contribution is -2.14. The van der Waals surface area contributed by atoms with E-state index in [0.29, 0.717) is 11.3 Å². The topological polar surface area (TPSA) is 111 Å². The molecule has 0 radical (unpaired) electrons. The summed E-state index contributed by atoms with van der Waals surface area (Å²) in [6, 6.07) is 5.10. The van der Waals surface area contributed by atoms with Gasteiger partial charge in [-0.3, -0.25) is 9.89 Å². The zero-order valence-electron chi connectivity index (χ0n) is 11.1. The second kappa shape index (κ2) is 4.78. The van der Waals surface area contributed by atoms with Crippen molar-refractivity contribution in [2.75, 3.05) is 5.32 Å². The highest BCUT2D eigenvalue weighted by Crippen LogP contribution is 2.20. The number of aromatic amines is 2. The molecule has 0 unspecified atom stereocenters. The van der Waals surface area contributed by atoms with Gasteiger partial charge in [-0.15, -0.1) is 0 Å². The van der Waals surface area contributed by atoms with Crippen LogP contribution < -0.4 is 5.32 Å². The van der Waals surface area contributed by atoms with Crippen molar-refractivity contribution in [2.24, 2.45) is 0 Å². The van der Waals surface area contributed by atoms with Crippen molar-refractivity contribution in [3.8, 4) is 0 Å². The normalized spacial score (nSPS) is 10.7. The zero-order chi connectivity index (χ0) is 15.0. The number of hydrogen-bond donors (Lipinski definition) is 4. The Morgan fingerprint density at radius 1 is 1.33 bits per heavy atom. The van der Waals surface area contributed by atoms with Gasteiger partial charge in [0.2, 0.25) is 0 Å². The number of rotatable bonds is 3. The lowest BCUT2D eigenvalue weighted by Gasteiger charge is -2.05. The molecule has 0 aliphatic rings. The quantitative estimate of drug-likeness (QED) is 0.590. The van der Waals surface area contributed by atoms with Crippen molar-refractivity contribution < 1.29 is 14.7 Å². The third-order valence-corrected chi connectivity index (χ3v) is 3.24. The number of anilines is 1. The summed E-state index contributed by atoms with van der Waals surface area (Å²) in [5, 5.41) is 19.3. The standard InChI is InChI=1S/C14H12N4O3/c1-7-12(14(20)21)11(6-15-7)17-13(19)8-2-3-9-5-16-18-10(9)4-8/h2-6,15H,1H3,(H,16,18)(H,17,19)(H,20,21). The maximum atomic E-state index is 12.2. The summed E-state index contributed by atoms with van der Waals surface area (Å²) in [5.74, 6) is -1.47.